The average Bonchev–Trinajstić information content (AvgIpc) is 2.90. The van der Waals surface area contributed by atoms with Crippen LogP contribution in [0.5, 0.6) is 0 Å². The zero-order valence-corrected chi connectivity index (χ0v) is 10.9. The summed E-state index contributed by atoms with van der Waals surface area (Å²) in [6.45, 7) is 4.03. The summed E-state index contributed by atoms with van der Waals surface area (Å²) in [7, 11) is 0. The van der Waals surface area contributed by atoms with E-state index in [0.717, 1.165) is 44.4 Å². The zero-order chi connectivity index (χ0) is 12.6. The van der Waals surface area contributed by atoms with Crippen LogP contribution in [-0.4, -0.2) is 48.8 Å². The van der Waals surface area contributed by atoms with Crippen molar-refractivity contribution in [2.24, 2.45) is 17.3 Å². The van der Waals surface area contributed by atoms with E-state index in [1.54, 1.807) is 0 Å². The molecule has 0 bridgehead atoms. The van der Waals surface area contributed by atoms with E-state index in [-0.39, 0.29) is 0 Å². The molecule has 2 aliphatic heterocycles. The minimum atomic E-state index is -0.667. The van der Waals surface area contributed by atoms with E-state index in [1.807, 2.05) is 0 Å². The number of aliphatic carboxylic acids is 1. The van der Waals surface area contributed by atoms with Crippen molar-refractivity contribution in [1.29, 1.82) is 0 Å². The molecular weight excluding hydrogens is 230 g/mol. The molecule has 18 heavy (non-hydrogen) atoms. The number of carbonyl (C=O) groups is 1. The van der Waals surface area contributed by atoms with Crippen LogP contribution in [0.15, 0.2) is 0 Å². The van der Waals surface area contributed by atoms with E-state index in [9.17, 15) is 9.90 Å². The van der Waals surface area contributed by atoms with Gasteiger partial charge in [0.25, 0.3) is 0 Å². The van der Waals surface area contributed by atoms with Crippen LogP contribution in [0.1, 0.15) is 32.1 Å². The summed E-state index contributed by atoms with van der Waals surface area (Å²) in [5, 5.41) is 9.55. The van der Waals surface area contributed by atoms with Crippen molar-refractivity contribution >= 4 is 5.97 Å². The van der Waals surface area contributed by atoms with Gasteiger partial charge in [0, 0.05) is 26.2 Å². The molecule has 102 valence electrons. The van der Waals surface area contributed by atoms with Crippen molar-refractivity contribution < 1.29 is 14.6 Å². The fourth-order valence-electron chi connectivity index (χ4n) is 4.10. The van der Waals surface area contributed by atoms with Gasteiger partial charge in [-0.2, -0.15) is 0 Å². The highest BCUT2D eigenvalue weighted by Gasteiger charge is 2.45. The summed E-state index contributed by atoms with van der Waals surface area (Å²) >= 11 is 0. The van der Waals surface area contributed by atoms with E-state index >= 15 is 0 Å². The Labute approximate surface area is 108 Å². The quantitative estimate of drug-likeness (QED) is 0.830. The first-order chi connectivity index (χ1) is 8.70. The highest BCUT2D eigenvalue weighted by atomic mass is 16.5. The standard InChI is InChI=1S/C14H23NO3/c16-13(17)14(5-2-6-18-10-14)9-15-7-11-3-1-4-12(11)8-15/h11-12H,1-10H2,(H,16,17). The van der Waals surface area contributed by atoms with Crippen LogP contribution in [0, 0.1) is 17.3 Å². The Morgan fingerprint density at radius 2 is 2.00 bits per heavy atom. The van der Waals surface area contributed by atoms with Gasteiger partial charge >= 0.3 is 5.97 Å². The predicted octanol–water partition coefficient (Wildman–Crippen LogP) is 1.60. The van der Waals surface area contributed by atoms with Gasteiger partial charge in [-0.1, -0.05) is 6.42 Å². The molecule has 0 radical (unpaired) electrons. The van der Waals surface area contributed by atoms with Crippen LogP contribution >= 0.6 is 0 Å². The molecular formula is C14H23NO3. The molecule has 3 fully saturated rings. The topological polar surface area (TPSA) is 49.8 Å². The molecule has 0 spiro atoms. The van der Waals surface area contributed by atoms with Gasteiger partial charge in [-0.25, -0.2) is 0 Å². The smallest absolute Gasteiger partial charge is 0.313 e. The first-order valence-corrected chi connectivity index (χ1v) is 7.23. The third kappa shape index (κ3) is 2.16. The first-order valence-electron chi connectivity index (χ1n) is 7.23. The monoisotopic (exact) mass is 253 g/mol. The zero-order valence-electron chi connectivity index (χ0n) is 10.9. The van der Waals surface area contributed by atoms with Gasteiger partial charge in [-0.3, -0.25) is 4.79 Å². The highest BCUT2D eigenvalue weighted by molar-refractivity contribution is 5.75. The van der Waals surface area contributed by atoms with Gasteiger partial charge in [0.05, 0.1) is 6.61 Å². The molecule has 2 heterocycles. The second-order valence-electron chi connectivity index (χ2n) is 6.39. The van der Waals surface area contributed by atoms with Gasteiger partial charge in [0.15, 0.2) is 0 Å². The van der Waals surface area contributed by atoms with Crippen molar-refractivity contribution in [2.75, 3.05) is 32.8 Å². The normalized spacial score (nSPS) is 40.9. The number of likely N-dealkylation sites (tertiary alicyclic amines) is 1. The number of hydrogen-bond acceptors (Lipinski definition) is 3. The Morgan fingerprint density at radius 1 is 1.28 bits per heavy atom. The SMILES string of the molecule is O=C(O)C1(CN2CC3CCCC3C2)CCCOC1. The highest BCUT2D eigenvalue weighted by Crippen LogP contribution is 2.40. The molecule has 0 aromatic heterocycles. The third-order valence-electron chi connectivity index (χ3n) is 5.10. The molecule has 4 nitrogen and oxygen atoms in total. The first kappa shape index (κ1) is 12.4. The number of ether oxygens (including phenoxy) is 1. The molecule has 3 aliphatic rings. The third-order valence-corrected chi connectivity index (χ3v) is 5.10. The number of carboxylic acids is 1. The van der Waals surface area contributed by atoms with Crippen LogP contribution in [0.4, 0.5) is 0 Å². The summed E-state index contributed by atoms with van der Waals surface area (Å²) in [4.78, 5) is 14.0. The molecule has 3 rings (SSSR count). The maximum atomic E-state index is 11.6. The second-order valence-corrected chi connectivity index (χ2v) is 6.39. The summed E-state index contributed by atoms with van der Waals surface area (Å²) in [6.07, 6.45) is 5.72. The lowest BCUT2D eigenvalue weighted by Crippen LogP contribution is -2.48. The molecule has 2 saturated heterocycles. The number of nitrogens with zero attached hydrogens (tertiary/aromatic N) is 1. The lowest BCUT2D eigenvalue weighted by Gasteiger charge is -2.36. The van der Waals surface area contributed by atoms with Crippen LogP contribution in [-0.2, 0) is 9.53 Å². The van der Waals surface area contributed by atoms with Crippen LogP contribution in [0.25, 0.3) is 0 Å². The van der Waals surface area contributed by atoms with Crippen LogP contribution in [0.2, 0.25) is 0 Å². The average molecular weight is 253 g/mol. The number of hydrogen-bond donors (Lipinski definition) is 1. The van der Waals surface area contributed by atoms with Gasteiger partial charge in [0.1, 0.15) is 5.41 Å². The summed E-state index contributed by atoms with van der Waals surface area (Å²) < 4.78 is 5.44. The fourth-order valence-corrected chi connectivity index (χ4v) is 4.10. The lowest BCUT2D eigenvalue weighted by atomic mass is 9.82. The molecule has 1 N–H and O–H groups in total. The maximum absolute atomic E-state index is 11.6. The molecule has 0 amide bonds. The lowest BCUT2D eigenvalue weighted by molar-refractivity contribution is -0.159. The Hall–Kier alpha value is -0.610. The van der Waals surface area contributed by atoms with Crippen molar-refractivity contribution in [2.45, 2.75) is 32.1 Å². The van der Waals surface area contributed by atoms with E-state index < -0.39 is 11.4 Å². The summed E-state index contributed by atoms with van der Waals surface area (Å²) in [6, 6.07) is 0. The van der Waals surface area contributed by atoms with E-state index in [2.05, 4.69) is 4.90 Å². The Kier molecular flexibility index (Phi) is 3.32. The molecule has 3 atom stereocenters. The number of fused-ring (bicyclic) bond motifs is 1. The molecule has 0 aromatic carbocycles. The minimum Gasteiger partial charge on any atom is -0.481 e. The maximum Gasteiger partial charge on any atom is 0.313 e. The molecule has 1 saturated carbocycles. The summed E-state index contributed by atoms with van der Waals surface area (Å²) in [5.41, 5.74) is -0.642. The van der Waals surface area contributed by atoms with Gasteiger partial charge in [-0.05, 0) is 37.5 Å². The van der Waals surface area contributed by atoms with Crippen molar-refractivity contribution in [1.82, 2.24) is 4.90 Å². The van der Waals surface area contributed by atoms with E-state index in [4.69, 9.17) is 4.74 Å². The van der Waals surface area contributed by atoms with Crippen molar-refractivity contribution in [3.05, 3.63) is 0 Å². The Balaban J connectivity index is 1.64. The number of carboxylic acid groups (broad SMARTS) is 1. The van der Waals surface area contributed by atoms with Gasteiger partial charge < -0.3 is 14.7 Å². The minimum absolute atomic E-state index is 0.397. The molecule has 1 aliphatic carbocycles. The second kappa shape index (κ2) is 4.82. The fraction of sp³-hybridized carbons (Fsp3) is 0.929. The molecule has 3 unspecified atom stereocenters. The number of rotatable bonds is 3. The largest absolute Gasteiger partial charge is 0.481 e. The molecule has 0 aromatic rings. The van der Waals surface area contributed by atoms with E-state index in [1.165, 1.54) is 19.3 Å². The van der Waals surface area contributed by atoms with E-state index in [0.29, 0.717) is 13.2 Å². The Bertz CT molecular complexity index is 313. The van der Waals surface area contributed by atoms with Crippen molar-refractivity contribution in [3.63, 3.8) is 0 Å². The summed E-state index contributed by atoms with van der Waals surface area (Å²) in [5.74, 6) is 1.000. The van der Waals surface area contributed by atoms with Gasteiger partial charge in [-0.15, -0.1) is 0 Å². The van der Waals surface area contributed by atoms with Crippen LogP contribution in [0.3, 0.4) is 0 Å². The molecule has 4 heteroatoms. The van der Waals surface area contributed by atoms with Crippen LogP contribution < -0.4 is 0 Å². The predicted molar refractivity (Wildman–Crippen MR) is 67.4 cm³/mol. The van der Waals surface area contributed by atoms with Crippen molar-refractivity contribution in [3.8, 4) is 0 Å². The van der Waals surface area contributed by atoms with Gasteiger partial charge in [0.2, 0.25) is 0 Å². The Morgan fingerprint density at radius 3 is 2.56 bits per heavy atom.